The van der Waals surface area contributed by atoms with Crippen LogP contribution < -0.4 is 16.6 Å². The summed E-state index contributed by atoms with van der Waals surface area (Å²) in [4.78, 5) is 35.8. The normalized spacial score (nSPS) is 10.9. The summed E-state index contributed by atoms with van der Waals surface area (Å²) in [5.41, 5.74) is 3.94. The highest BCUT2D eigenvalue weighted by Gasteiger charge is 2.27. The Morgan fingerprint density at radius 2 is 2.00 bits per heavy atom. The van der Waals surface area contributed by atoms with Gasteiger partial charge in [-0.2, -0.15) is 0 Å². The molecule has 2 amide bonds. The summed E-state index contributed by atoms with van der Waals surface area (Å²) in [5, 5.41) is 2.46. The van der Waals surface area contributed by atoms with E-state index in [1.54, 1.807) is 0 Å². The fourth-order valence-electron chi connectivity index (χ4n) is 0.969. The summed E-state index contributed by atoms with van der Waals surface area (Å²) in [7, 11) is 0. The lowest BCUT2D eigenvalue weighted by Gasteiger charge is -2.22. The van der Waals surface area contributed by atoms with Crippen molar-refractivity contribution in [3.8, 4) is 0 Å². The van der Waals surface area contributed by atoms with Crippen LogP contribution >= 0.6 is 0 Å². The van der Waals surface area contributed by atoms with E-state index in [2.05, 4.69) is 10.3 Å². The molecule has 1 aromatic heterocycles. The van der Waals surface area contributed by atoms with Crippen LogP contribution in [0.1, 0.15) is 24.2 Å². The smallest absolute Gasteiger partial charge is 0.253 e. The van der Waals surface area contributed by atoms with Gasteiger partial charge in [0, 0.05) is 12.3 Å². The molecule has 0 saturated carbocycles. The zero-order valence-electron chi connectivity index (χ0n) is 9.03. The predicted octanol–water partition coefficient (Wildman–Crippen LogP) is -0.631. The molecule has 0 fully saturated rings. The van der Waals surface area contributed by atoms with Gasteiger partial charge >= 0.3 is 0 Å². The molecule has 1 heterocycles. The predicted molar refractivity (Wildman–Crippen MR) is 57.8 cm³/mol. The molecule has 0 aliphatic heterocycles. The van der Waals surface area contributed by atoms with Crippen LogP contribution in [0.15, 0.2) is 23.1 Å². The molecule has 6 heteroatoms. The monoisotopic (exact) mass is 223 g/mol. The summed E-state index contributed by atoms with van der Waals surface area (Å²) in [5.74, 6) is -1.11. The van der Waals surface area contributed by atoms with Gasteiger partial charge < -0.3 is 16.0 Å². The summed E-state index contributed by atoms with van der Waals surface area (Å²) in [6.07, 6.45) is 1.27. The van der Waals surface area contributed by atoms with Gasteiger partial charge in [0.25, 0.3) is 5.91 Å². The van der Waals surface area contributed by atoms with Crippen LogP contribution in [0.4, 0.5) is 0 Å². The minimum absolute atomic E-state index is 0.258. The van der Waals surface area contributed by atoms with E-state index >= 15 is 0 Å². The first-order valence-corrected chi connectivity index (χ1v) is 4.64. The topological polar surface area (TPSA) is 105 Å². The van der Waals surface area contributed by atoms with Crippen molar-refractivity contribution >= 4 is 11.8 Å². The number of nitrogens with one attached hydrogen (secondary N) is 2. The van der Waals surface area contributed by atoms with Crippen LogP contribution in [0, 0.1) is 0 Å². The lowest BCUT2D eigenvalue weighted by molar-refractivity contribution is -0.122. The van der Waals surface area contributed by atoms with E-state index in [-0.39, 0.29) is 11.1 Å². The Balaban J connectivity index is 2.84. The highest BCUT2D eigenvalue weighted by Crippen LogP contribution is 2.03. The molecule has 0 aliphatic rings. The lowest BCUT2D eigenvalue weighted by Crippen LogP contribution is -2.53. The van der Waals surface area contributed by atoms with Gasteiger partial charge in [0.05, 0.1) is 5.56 Å². The molecule has 0 aliphatic carbocycles. The van der Waals surface area contributed by atoms with E-state index < -0.39 is 17.4 Å². The van der Waals surface area contributed by atoms with Crippen LogP contribution in [0.5, 0.6) is 0 Å². The Kier molecular flexibility index (Phi) is 3.12. The minimum atomic E-state index is -1.13. The molecule has 86 valence electrons. The molecule has 0 aromatic carbocycles. The maximum Gasteiger partial charge on any atom is 0.253 e. The number of pyridine rings is 1. The second-order valence-corrected chi connectivity index (χ2v) is 3.88. The third kappa shape index (κ3) is 2.69. The first kappa shape index (κ1) is 12.0. The van der Waals surface area contributed by atoms with E-state index in [9.17, 15) is 14.4 Å². The van der Waals surface area contributed by atoms with Gasteiger partial charge in [-0.3, -0.25) is 14.4 Å². The second kappa shape index (κ2) is 4.18. The fourth-order valence-corrected chi connectivity index (χ4v) is 0.969. The zero-order chi connectivity index (χ0) is 12.3. The largest absolute Gasteiger partial charge is 0.368 e. The quantitative estimate of drug-likeness (QED) is 0.635. The Labute approximate surface area is 91.9 Å². The standard InChI is InChI=1S/C10H13N3O3/c1-10(2,9(11)16)13-8(15)6-3-4-7(14)12-5-6/h3-5H,1-2H3,(H2,11,16)(H,12,14)(H,13,15). The van der Waals surface area contributed by atoms with Crippen molar-refractivity contribution in [2.24, 2.45) is 5.73 Å². The molecule has 1 rings (SSSR count). The average molecular weight is 223 g/mol. The van der Waals surface area contributed by atoms with Crippen molar-refractivity contribution in [1.29, 1.82) is 0 Å². The van der Waals surface area contributed by atoms with E-state index in [0.29, 0.717) is 0 Å². The molecule has 1 aromatic rings. The third-order valence-electron chi connectivity index (χ3n) is 2.09. The van der Waals surface area contributed by atoms with Gasteiger partial charge in [-0.15, -0.1) is 0 Å². The first-order valence-electron chi connectivity index (χ1n) is 4.64. The van der Waals surface area contributed by atoms with Crippen molar-refractivity contribution in [3.05, 3.63) is 34.2 Å². The molecule has 0 bridgehead atoms. The van der Waals surface area contributed by atoms with Gasteiger partial charge in [-0.05, 0) is 19.9 Å². The maximum absolute atomic E-state index is 11.6. The van der Waals surface area contributed by atoms with Crippen LogP contribution in [0.25, 0.3) is 0 Å². The van der Waals surface area contributed by atoms with Crippen LogP contribution in [-0.4, -0.2) is 22.3 Å². The van der Waals surface area contributed by atoms with Crippen LogP contribution in [0.3, 0.4) is 0 Å². The van der Waals surface area contributed by atoms with Crippen molar-refractivity contribution in [1.82, 2.24) is 10.3 Å². The number of rotatable bonds is 3. The molecule has 6 nitrogen and oxygen atoms in total. The van der Waals surface area contributed by atoms with E-state index in [1.807, 2.05) is 0 Å². The third-order valence-corrected chi connectivity index (χ3v) is 2.09. The molecule has 0 radical (unpaired) electrons. The fraction of sp³-hybridized carbons (Fsp3) is 0.300. The van der Waals surface area contributed by atoms with Crippen molar-refractivity contribution in [3.63, 3.8) is 0 Å². The summed E-state index contributed by atoms with van der Waals surface area (Å²) < 4.78 is 0. The molecule has 16 heavy (non-hydrogen) atoms. The van der Waals surface area contributed by atoms with E-state index in [4.69, 9.17) is 5.73 Å². The lowest BCUT2D eigenvalue weighted by atomic mass is 10.0. The van der Waals surface area contributed by atoms with E-state index in [1.165, 1.54) is 32.2 Å². The molecular weight excluding hydrogens is 210 g/mol. The first-order chi connectivity index (χ1) is 7.33. The number of H-pyrrole nitrogens is 1. The second-order valence-electron chi connectivity index (χ2n) is 3.88. The van der Waals surface area contributed by atoms with E-state index in [0.717, 1.165) is 0 Å². The number of nitrogens with two attached hydrogens (primary N) is 1. The average Bonchev–Trinajstić information content (AvgIpc) is 2.17. The summed E-state index contributed by atoms with van der Waals surface area (Å²) >= 11 is 0. The Morgan fingerprint density at radius 3 is 2.44 bits per heavy atom. The Morgan fingerprint density at radius 1 is 1.38 bits per heavy atom. The number of aromatic nitrogens is 1. The summed E-state index contributed by atoms with van der Waals surface area (Å²) in [6.45, 7) is 3.00. The Hall–Kier alpha value is -2.11. The SMILES string of the molecule is CC(C)(NC(=O)c1ccc(=O)[nH]c1)C(N)=O. The molecule has 0 saturated heterocycles. The number of hydrogen-bond acceptors (Lipinski definition) is 3. The molecule has 0 unspecified atom stereocenters. The highest BCUT2D eigenvalue weighted by atomic mass is 16.2. The van der Waals surface area contributed by atoms with Crippen molar-refractivity contribution in [2.45, 2.75) is 19.4 Å². The summed E-state index contributed by atoms with van der Waals surface area (Å²) in [6, 6.07) is 2.59. The molecule has 4 N–H and O–H groups in total. The number of carbonyl (C=O) groups excluding carboxylic acids is 2. The van der Waals surface area contributed by atoms with Gasteiger partial charge in [0.15, 0.2) is 0 Å². The van der Waals surface area contributed by atoms with Crippen molar-refractivity contribution in [2.75, 3.05) is 0 Å². The number of amides is 2. The molecule has 0 spiro atoms. The van der Waals surface area contributed by atoms with Gasteiger partial charge in [-0.1, -0.05) is 0 Å². The number of hydrogen-bond donors (Lipinski definition) is 3. The van der Waals surface area contributed by atoms with Crippen LogP contribution in [-0.2, 0) is 4.79 Å². The Bertz CT molecular complexity index is 456. The number of carbonyl (C=O) groups is 2. The highest BCUT2D eigenvalue weighted by molar-refractivity contribution is 5.98. The number of aromatic amines is 1. The van der Waals surface area contributed by atoms with Crippen molar-refractivity contribution < 1.29 is 9.59 Å². The van der Waals surface area contributed by atoms with Gasteiger partial charge in [0.1, 0.15) is 5.54 Å². The number of primary amides is 1. The minimum Gasteiger partial charge on any atom is -0.368 e. The molecule has 0 atom stereocenters. The van der Waals surface area contributed by atoms with Crippen LogP contribution in [0.2, 0.25) is 0 Å². The van der Waals surface area contributed by atoms with Gasteiger partial charge in [-0.25, -0.2) is 0 Å². The zero-order valence-corrected chi connectivity index (χ0v) is 9.03. The van der Waals surface area contributed by atoms with Gasteiger partial charge in [0.2, 0.25) is 11.5 Å². The molecular formula is C10H13N3O3. The maximum atomic E-state index is 11.6.